The molecule has 2 aromatic carbocycles. The van der Waals surface area contributed by atoms with Crippen LogP contribution in [0, 0.1) is 0 Å². The van der Waals surface area contributed by atoms with Gasteiger partial charge in [-0.05, 0) is 46.7 Å². The summed E-state index contributed by atoms with van der Waals surface area (Å²) in [5, 5.41) is 13.9. The summed E-state index contributed by atoms with van der Waals surface area (Å²) in [6, 6.07) is 17.8. The van der Waals surface area contributed by atoms with E-state index in [1.807, 2.05) is 42.5 Å². The van der Waals surface area contributed by atoms with Crippen LogP contribution >= 0.6 is 23.4 Å². The van der Waals surface area contributed by atoms with Gasteiger partial charge in [-0.25, -0.2) is 0 Å². The quantitative estimate of drug-likeness (QED) is 0.643. The second-order valence-electron chi connectivity index (χ2n) is 4.78. The molecule has 1 aromatic heterocycles. The van der Waals surface area contributed by atoms with Crippen LogP contribution in [0.2, 0.25) is 5.02 Å². The van der Waals surface area contributed by atoms with Crippen LogP contribution in [0.1, 0.15) is 24.2 Å². The summed E-state index contributed by atoms with van der Waals surface area (Å²) in [6.07, 6.45) is 0.980. The first kappa shape index (κ1) is 15.1. The second kappa shape index (κ2) is 6.94. The molecule has 0 saturated carbocycles. The summed E-state index contributed by atoms with van der Waals surface area (Å²) < 4.78 is 1.77. The van der Waals surface area contributed by atoms with Crippen LogP contribution in [0.4, 0.5) is 0 Å². The van der Waals surface area contributed by atoms with Gasteiger partial charge in [0.2, 0.25) is 5.16 Å². The summed E-state index contributed by atoms with van der Waals surface area (Å²) in [5.74, 6) is 0. The molecule has 0 aliphatic heterocycles. The van der Waals surface area contributed by atoms with E-state index in [4.69, 9.17) is 11.6 Å². The third-order valence-corrected chi connectivity index (χ3v) is 4.91. The number of para-hydroxylation sites is 1. The molecular formula is C16H15ClN4S. The van der Waals surface area contributed by atoms with Gasteiger partial charge in [-0.2, -0.15) is 4.68 Å². The number of rotatable bonds is 5. The molecule has 0 aliphatic carbocycles. The van der Waals surface area contributed by atoms with Crippen molar-refractivity contribution in [1.29, 1.82) is 0 Å². The van der Waals surface area contributed by atoms with Gasteiger partial charge in [0.05, 0.1) is 5.69 Å². The number of halogens is 1. The van der Waals surface area contributed by atoms with Gasteiger partial charge in [-0.3, -0.25) is 0 Å². The number of benzene rings is 2. The first-order chi connectivity index (χ1) is 10.8. The van der Waals surface area contributed by atoms with Gasteiger partial charge < -0.3 is 0 Å². The fourth-order valence-electron chi connectivity index (χ4n) is 2.18. The van der Waals surface area contributed by atoms with Crippen LogP contribution in [-0.2, 0) is 0 Å². The fraction of sp³-hybridized carbons (Fsp3) is 0.188. The molecule has 6 heteroatoms. The van der Waals surface area contributed by atoms with E-state index in [-0.39, 0.29) is 5.25 Å². The molecule has 3 aromatic rings. The molecular weight excluding hydrogens is 316 g/mol. The molecule has 1 atom stereocenters. The van der Waals surface area contributed by atoms with E-state index >= 15 is 0 Å². The normalized spacial score (nSPS) is 12.3. The van der Waals surface area contributed by atoms with Gasteiger partial charge in [0.15, 0.2) is 0 Å². The topological polar surface area (TPSA) is 43.6 Å². The van der Waals surface area contributed by atoms with E-state index in [0.717, 1.165) is 22.3 Å². The van der Waals surface area contributed by atoms with Crippen molar-refractivity contribution in [3.63, 3.8) is 0 Å². The van der Waals surface area contributed by atoms with Crippen LogP contribution in [0.25, 0.3) is 5.69 Å². The van der Waals surface area contributed by atoms with Crippen LogP contribution in [0.3, 0.4) is 0 Å². The first-order valence-electron chi connectivity index (χ1n) is 7.04. The molecule has 112 valence electrons. The zero-order valence-electron chi connectivity index (χ0n) is 12.1. The Labute approximate surface area is 138 Å². The largest absolute Gasteiger partial charge is 0.214 e. The van der Waals surface area contributed by atoms with Crippen LogP contribution in [0.5, 0.6) is 0 Å². The zero-order chi connectivity index (χ0) is 15.4. The maximum Gasteiger partial charge on any atom is 0.214 e. The number of aromatic nitrogens is 4. The number of hydrogen-bond donors (Lipinski definition) is 0. The minimum absolute atomic E-state index is 0.283. The van der Waals surface area contributed by atoms with Gasteiger partial charge >= 0.3 is 0 Å². The highest BCUT2D eigenvalue weighted by atomic mass is 35.5. The Balaban J connectivity index is 1.86. The minimum atomic E-state index is 0.283. The Bertz CT molecular complexity index is 727. The first-order valence-corrected chi connectivity index (χ1v) is 8.29. The van der Waals surface area contributed by atoms with Gasteiger partial charge in [-0.1, -0.05) is 60.6 Å². The molecule has 22 heavy (non-hydrogen) atoms. The van der Waals surface area contributed by atoms with Gasteiger partial charge in [-0.15, -0.1) is 5.10 Å². The molecule has 0 saturated heterocycles. The van der Waals surface area contributed by atoms with Crippen molar-refractivity contribution in [2.45, 2.75) is 23.8 Å². The lowest BCUT2D eigenvalue weighted by atomic mass is 10.1. The lowest BCUT2D eigenvalue weighted by Crippen LogP contribution is -2.01. The number of nitrogens with zero attached hydrogens (tertiary/aromatic N) is 4. The van der Waals surface area contributed by atoms with Crippen molar-refractivity contribution in [3.05, 3.63) is 65.2 Å². The summed E-state index contributed by atoms with van der Waals surface area (Å²) >= 11 is 7.62. The standard InChI is InChI=1S/C16H15ClN4S/c1-2-15(12-8-10-13(17)11-9-12)22-16-18-19-20-21(16)14-6-4-3-5-7-14/h3-11,15H,2H2,1H3. The van der Waals surface area contributed by atoms with E-state index in [1.54, 1.807) is 16.4 Å². The highest BCUT2D eigenvalue weighted by Crippen LogP contribution is 2.37. The maximum atomic E-state index is 5.96. The Morgan fingerprint density at radius 3 is 2.50 bits per heavy atom. The molecule has 0 bridgehead atoms. The van der Waals surface area contributed by atoms with E-state index in [0.29, 0.717) is 0 Å². The van der Waals surface area contributed by atoms with Gasteiger partial charge in [0.25, 0.3) is 0 Å². The molecule has 4 nitrogen and oxygen atoms in total. The van der Waals surface area contributed by atoms with Crippen LogP contribution < -0.4 is 0 Å². The highest BCUT2D eigenvalue weighted by Gasteiger charge is 2.17. The Kier molecular flexibility index (Phi) is 4.75. The second-order valence-corrected chi connectivity index (χ2v) is 6.38. The van der Waals surface area contributed by atoms with E-state index in [9.17, 15) is 0 Å². The van der Waals surface area contributed by atoms with Crippen molar-refractivity contribution < 1.29 is 0 Å². The average molecular weight is 331 g/mol. The Morgan fingerprint density at radius 2 is 1.82 bits per heavy atom. The van der Waals surface area contributed by atoms with Crippen LogP contribution in [-0.4, -0.2) is 20.2 Å². The molecule has 1 unspecified atom stereocenters. The van der Waals surface area contributed by atoms with Gasteiger partial charge in [0, 0.05) is 10.3 Å². The molecule has 0 aliphatic rings. The minimum Gasteiger partial charge on any atom is -0.187 e. The number of hydrogen-bond acceptors (Lipinski definition) is 4. The zero-order valence-corrected chi connectivity index (χ0v) is 13.6. The predicted molar refractivity (Wildman–Crippen MR) is 89.5 cm³/mol. The molecule has 0 spiro atoms. The third-order valence-electron chi connectivity index (χ3n) is 3.30. The lowest BCUT2D eigenvalue weighted by Gasteiger charge is -2.14. The maximum absolute atomic E-state index is 5.96. The average Bonchev–Trinajstić information content (AvgIpc) is 3.02. The molecule has 0 radical (unpaired) electrons. The molecule has 3 rings (SSSR count). The van der Waals surface area contributed by atoms with Crippen LogP contribution in [0.15, 0.2) is 59.8 Å². The van der Waals surface area contributed by atoms with Crippen molar-refractivity contribution in [3.8, 4) is 5.69 Å². The number of tetrazole rings is 1. The Hall–Kier alpha value is -1.85. The smallest absolute Gasteiger partial charge is 0.187 e. The van der Waals surface area contributed by atoms with Crippen molar-refractivity contribution in [2.24, 2.45) is 0 Å². The summed E-state index contributed by atoms with van der Waals surface area (Å²) in [4.78, 5) is 0. The number of thioether (sulfide) groups is 1. The van der Waals surface area contributed by atoms with Crippen molar-refractivity contribution >= 4 is 23.4 Å². The van der Waals surface area contributed by atoms with E-state index in [2.05, 4.69) is 34.6 Å². The molecule has 0 fully saturated rings. The van der Waals surface area contributed by atoms with Crippen molar-refractivity contribution in [2.75, 3.05) is 0 Å². The van der Waals surface area contributed by atoms with E-state index < -0.39 is 0 Å². The van der Waals surface area contributed by atoms with Crippen molar-refractivity contribution in [1.82, 2.24) is 20.2 Å². The molecule has 0 N–H and O–H groups in total. The predicted octanol–water partition coefficient (Wildman–Crippen LogP) is 4.56. The third kappa shape index (κ3) is 3.31. The monoisotopic (exact) mass is 330 g/mol. The summed E-state index contributed by atoms with van der Waals surface area (Å²) in [6.45, 7) is 2.16. The lowest BCUT2D eigenvalue weighted by molar-refractivity contribution is 0.752. The van der Waals surface area contributed by atoms with E-state index in [1.165, 1.54) is 5.56 Å². The summed E-state index contributed by atoms with van der Waals surface area (Å²) in [7, 11) is 0. The Morgan fingerprint density at radius 1 is 1.09 bits per heavy atom. The van der Waals surface area contributed by atoms with Gasteiger partial charge in [0.1, 0.15) is 0 Å². The fourth-order valence-corrected chi connectivity index (χ4v) is 3.34. The molecule has 1 heterocycles. The highest BCUT2D eigenvalue weighted by molar-refractivity contribution is 7.99. The SMILES string of the molecule is CCC(Sc1nnnn1-c1ccccc1)c1ccc(Cl)cc1. The molecule has 0 amide bonds. The summed E-state index contributed by atoms with van der Waals surface area (Å²) in [5.41, 5.74) is 2.18.